The van der Waals surface area contributed by atoms with E-state index in [0.717, 1.165) is 24.6 Å². The third-order valence-corrected chi connectivity index (χ3v) is 3.34. The molecule has 0 aromatic heterocycles. The van der Waals surface area contributed by atoms with Gasteiger partial charge in [0.1, 0.15) is 0 Å². The van der Waals surface area contributed by atoms with Gasteiger partial charge in [-0.1, -0.05) is 6.92 Å². The average Bonchev–Trinajstić information content (AvgIpc) is 2.22. The quantitative estimate of drug-likeness (QED) is 0.456. The lowest BCUT2D eigenvalue weighted by atomic mass is 10.0. The first-order chi connectivity index (χ1) is 6.78. The van der Waals surface area contributed by atoms with Crippen LogP contribution in [-0.2, 0) is 0 Å². The molecule has 0 radical (unpaired) electrons. The lowest BCUT2D eigenvalue weighted by Gasteiger charge is -2.19. The number of thiol groups is 2. The highest BCUT2D eigenvalue weighted by Gasteiger charge is 2.10. The molecule has 0 aromatic carbocycles. The molecule has 0 aliphatic heterocycles. The van der Waals surface area contributed by atoms with Crippen LogP contribution in [0.2, 0.25) is 0 Å². The molecule has 0 unspecified atom stereocenters. The summed E-state index contributed by atoms with van der Waals surface area (Å²) in [5.74, 6) is 2.57. The molecule has 14 heavy (non-hydrogen) atoms. The Morgan fingerprint density at radius 3 is 2.29 bits per heavy atom. The van der Waals surface area contributed by atoms with Crippen LogP contribution < -0.4 is 10.6 Å². The van der Waals surface area contributed by atoms with Crippen LogP contribution in [0.4, 0.5) is 0 Å². The van der Waals surface area contributed by atoms with Gasteiger partial charge in [-0.25, -0.2) is 0 Å². The molecule has 0 aliphatic rings. The summed E-state index contributed by atoms with van der Waals surface area (Å²) in [6.07, 6.45) is 2.42. The van der Waals surface area contributed by atoms with Crippen LogP contribution in [0.15, 0.2) is 0 Å². The van der Waals surface area contributed by atoms with Gasteiger partial charge in [0.25, 0.3) is 0 Å². The van der Waals surface area contributed by atoms with E-state index in [9.17, 15) is 0 Å². The lowest BCUT2D eigenvalue weighted by Crippen LogP contribution is -2.32. The van der Waals surface area contributed by atoms with Gasteiger partial charge in [0.15, 0.2) is 0 Å². The number of nitrogens with one attached hydrogen (secondary N) is 2. The molecule has 0 bridgehead atoms. The zero-order valence-corrected chi connectivity index (χ0v) is 11.1. The van der Waals surface area contributed by atoms with E-state index >= 15 is 0 Å². The summed E-state index contributed by atoms with van der Waals surface area (Å²) in [4.78, 5) is 0. The van der Waals surface area contributed by atoms with Gasteiger partial charge in [-0.05, 0) is 44.6 Å². The van der Waals surface area contributed by atoms with Crippen LogP contribution >= 0.6 is 25.3 Å². The molecule has 0 fully saturated rings. The predicted octanol–water partition coefficient (Wildman–Crippen LogP) is 1.44. The van der Waals surface area contributed by atoms with Gasteiger partial charge in [0.05, 0.1) is 0 Å². The van der Waals surface area contributed by atoms with Gasteiger partial charge < -0.3 is 10.6 Å². The Labute approximate surface area is 99.4 Å². The zero-order valence-electron chi connectivity index (χ0n) is 9.29. The summed E-state index contributed by atoms with van der Waals surface area (Å²) in [5, 5.41) is 6.64. The Balaban J connectivity index is 3.63. The van der Waals surface area contributed by atoms with Crippen molar-refractivity contribution in [2.75, 3.05) is 31.6 Å². The normalized spacial score (nSPS) is 15.4. The third-order valence-electron chi connectivity index (χ3n) is 2.39. The van der Waals surface area contributed by atoms with Crippen LogP contribution in [0.25, 0.3) is 0 Å². The minimum absolute atomic E-state index is 0.558. The molecule has 86 valence electrons. The van der Waals surface area contributed by atoms with Crippen LogP contribution in [0.1, 0.15) is 19.8 Å². The van der Waals surface area contributed by atoms with Crippen LogP contribution in [-0.4, -0.2) is 37.7 Å². The average molecular weight is 236 g/mol. The first-order valence-electron chi connectivity index (χ1n) is 5.38. The maximum absolute atomic E-state index is 4.35. The molecule has 0 spiro atoms. The van der Waals surface area contributed by atoms with Crippen molar-refractivity contribution in [2.24, 2.45) is 5.92 Å². The van der Waals surface area contributed by atoms with Gasteiger partial charge in [0.2, 0.25) is 0 Å². The highest BCUT2D eigenvalue weighted by molar-refractivity contribution is 7.80. The Morgan fingerprint density at radius 1 is 1.14 bits per heavy atom. The molecule has 0 rings (SSSR count). The lowest BCUT2D eigenvalue weighted by molar-refractivity contribution is 0.438. The summed E-state index contributed by atoms with van der Waals surface area (Å²) >= 11 is 8.69. The highest BCUT2D eigenvalue weighted by atomic mass is 32.1. The fourth-order valence-electron chi connectivity index (χ4n) is 1.53. The van der Waals surface area contributed by atoms with Crippen molar-refractivity contribution in [1.82, 2.24) is 10.6 Å². The van der Waals surface area contributed by atoms with E-state index in [1.165, 1.54) is 12.8 Å². The maximum atomic E-state index is 4.35. The number of rotatable bonds is 9. The first-order valence-corrected chi connectivity index (χ1v) is 6.64. The Hall–Kier alpha value is 0.620. The van der Waals surface area contributed by atoms with E-state index in [0.29, 0.717) is 12.0 Å². The Bertz CT molecular complexity index is 109. The van der Waals surface area contributed by atoms with Gasteiger partial charge in [-0.15, -0.1) is 0 Å². The molecule has 2 N–H and O–H groups in total. The first kappa shape index (κ1) is 14.6. The second-order valence-corrected chi connectivity index (χ2v) is 4.35. The SMILES string of the molecule is CCN[C@H](CS)CC[C@@H](CS)CNC. The van der Waals surface area contributed by atoms with Crippen molar-refractivity contribution >= 4 is 25.3 Å². The molecule has 2 nitrogen and oxygen atoms in total. The fraction of sp³-hybridized carbons (Fsp3) is 1.00. The van der Waals surface area contributed by atoms with Crippen molar-refractivity contribution < 1.29 is 0 Å². The zero-order chi connectivity index (χ0) is 10.8. The molecule has 0 saturated carbocycles. The topological polar surface area (TPSA) is 24.1 Å². The largest absolute Gasteiger partial charge is 0.319 e. The van der Waals surface area contributed by atoms with Crippen LogP contribution in [0, 0.1) is 5.92 Å². The standard InChI is InChI=1S/C10H24N2S2/c1-3-12-10(8-14)5-4-9(7-13)6-11-2/h9-14H,3-8H2,1-2H3/t9-,10+/m1/s1. The van der Waals surface area contributed by atoms with Gasteiger partial charge in [-0.3, -0.25) is 0 Å². The van der Waals surface area contributed by atoms with Crippen molar-refractivity contribution in [3.05, 3.63) is 0 Å². The summed E-state index contributed by atoms with van der Waals surface area (Å²) in [7, 11) is 2.00. The van der Waals surface area contributed by atoms with Crippen molar-refractivity contribution in [1.29, 1.82) is 0 Å². The number of hydrogen-bond acceptors (Lipinski definition) is 4. The summed E-state index contributed by atoms with van der Waals surface area (Å²) in [6, 6.07) is 0.558. The van der Waals surface area contributed by atoms with Crippen molar-refractivity contribution in [3.63, 3.8) is 0 Å². The van der Waals surface area contributed by atoms with E-state index in [-0.39, 0.29) is 0 Å². The highest BCUT2D eigenvalue weighted by Crippen LogP contribution is 2.10. The van der Waals surface area contributed by atoms with E-state index in [2.05, 4.69) is 42.8 Å². The van der Waals surface area contributed by atoms with Gasteiger partial charge >= 0.3 is 0 Å². The Morgan fingerprint density at radius 2 is 1.86 bits per heavy atom. The van der Waals surface area contributed by atoms with Gasteiger partial charge in [0, 0.05) is 11.8 Å². The van der Waals surface area contributed by atoms with Crippen LogP contribution in [0.5, 0.6) is 0 Å². The fourth-order valence-corrected chi connectivity index (χ4v) is 2.15. The Kier molecular flexibility index (Phi) is 10.6. The molecule has 4 heteroatoms. The molecule has 0 saturated heterocycles. The molecule has 0 aromatic rings. The molecule has 2 atom stereocenters. The summed E-state index contributed by atoms with van der Waals surface area (Å²) in [5.41, 5.74) is 0. The van der Waals surface area contributed by atoms with Gasteiger partial charge in [-0.2, -0.15) is 25.3 Å². The minimum atomic E-state index is 0.558. The molecule has 0 heterocycles. The van der Waals surface area contributed by atoms with Crippen molar-refractivity contribution in [3.8, 4) is 0 Å². The molecule has 0 amide bonds. The second-order valence-electron chi connectivity index (χ2n) is 3.62. The smallest absolute Gasteiger partial charge is 0.0155 e. The van der Waals surface area contributed by atoms with Crippen molar-refractivity contribution in [2.45, 2.75) is 25.8 Å². The monoisotopic (exact) mass is 236 g/mol. The third kappa shape index (κ3) is 6.98. The van der Waals surface area contributed by atoms with E-state index in [4.69, 9.17) is 0 Å². The summed E-state index contributed by atoms with van der Waals surface area (Å²) < 4.78 is 0. The summed E-state index contributed by atoms with van der Waals surface area (Å²) in [6.45, 7) is 4.23. The molecule has 0 aliphatic carbocycles. The van der Waals surface area contributed by atoms with E-state index in [1.54, 1.807) is 0 Å². The number of hydrogen-bond donors (Lipinski definition) is 4. The van der Waals surface area contributed by atoms with E-state index < -0.39 is 0 Å². The molecular formula is C10H24N2S2. The minimum Gasteiger partial charge on any atom is -0.319 e. The van der Waals surface area contributed by atoms with Crippen LogP contribution in [0.3, 0.4) is 0 Å². The second kappa shape index (κ2) is 10.1. The maximum Gasteiger partial charge on any atom is 0.0155 e. The van der Waals surface area contributed by atoms with E-state index in [1.807, 2.05) is 7.05 Å². The molecular weight excluding hydrogens is 212 g/mol. The predicted molar refractivity (Wildman–Crippen MR) is 71.8 cm³/mol.